The van der Waals surface area contributed by atoms with E-state index in [4.69, 9.17) is 4.74 Å². The molecular formula is C25H31N3O3. The first-order chi connectivity index (χ1) is 14.8. The predicted octanol–water partition coefficient (Wildman–Crippen LogP) is 3.87. The van der Waals surface area contributed by atoms with Crippen molar-refractivity contribution in [2.24, 2.45) is 11.3 Å². The van der Waals surface area contributed by atoms with Gasteiger partial charge >= 0.3 is 6.09 Å². The number of carbonyl (C=O) groups is 2. The van der Waals surface area contributed by atoms with E-state index in [1.807, 2.05) is 79.7 Å². The fourth-order valence-electron chi connectivity index (χ4n) is 3.95. The number of alkyl carbamates (subject to hydrolysis) is 1. The number of hydrogen-bond donors (Lipinski definition) is 2. The Morgan fingerprint density at radius 2 is 1.74 bits per heavy atom. The van der Waals surface area contributed by atoms with E-state index >= 15 is 0 Å². The minimum atomic E-state index is -0.618. The normalized spacial score (nSPS) is 20.3. The molecule has 2 aromatic rings. The van der Waals surface area contributed by atoms with Gasteiger partial charge in [0.2, 0.25) is 5.91 Å². The van der Waals surface area contributed by atoms with Gasteiger partial charge in [0.15, 0.2) is 0 Å². The van der Waals surface area contributed by atoms with Crippen LogP contribution >= 0.6 is 0 Å². The summed E-state index contributed by atoms with van der Waals surface area (Å²) in [6.07, 6.45) is 0.323. The average molecular weight is 422 g/mol. The van der Waals surface area contributed by atoms with E-state index in [0.29, 0.717) is 0 Å². The van der Waals surface area contributed by atoms with Gasteiger partial charge in [0.05, 0.1) is 6.04 Å². The summed E-state index contributed by atoms with van der Waals surface area (Å²) in [7, 11) is 3.98. The molecule has 0 aliphatic heterocycles. The standard InChI is InChI=1S/C25H31N3O3/c1-18(28(3)4)25(2)15-21(25)23(20-13-9-6-10-14-20)27-22(29)16-26-24(30)31-17-19-11-7-5-8-12-19/h5-14,21,23H,1,15-17H2,2-4H3,(H,26,30)(H,27,29)/t21-,23-,25+/m1/s1. The first-order valence-corrected chi connectivity index (χ1v) is 10.5. The molecule has 3 rings (SSSR count). The molecule has 1 aliphatic rings. The molecule has 1 fully saturated rings. The second kappa shape index (κ2) is 9.69. The summed E-state index contributed by atoms with van der Waals surface area (Å²) < 4.78 is 5.17. The van der Waals surface area contributed by atoms with Crippen LogP contribution in [0.1, 0.15) is 30.5 Å². The maximum atomic E-state index is 12.6. The van der Waals surface area contributed by atoms with Crippen molar-refractivity contribution in [3.8, 4) is 0 Å². The summed E-state index contributed by atoms with van der Waals surface area (Å²) in [5.74, 6) is -0.0194. The van der Waals surface area contributed by atoms with Crippen molar-refractivity contribution in [3.63, 3.8) is 0 Å². The van der Waals surface area contributed by atoms with Gasteiger partial charge in [-0.15, -0.1) is 0 Å². The van der Waals surface area contributed by atoms with Crippen molar-refractivity contribution in [1.29, 1.82) is 0 Å². The van der Waals surface area contributed by atoms with E-state index in [-0.39, 0.29) is 36.4 Å². The van der Waals surface area contributed by atoms with Gasteiger partial charge in [0.1, 0.15) is 13.2 Å². The molecule has 0 heterocycles. The Labute approximate surface area is 184 Å². The van der Waals surface area contributed by atoms with E-state index in [1.165, 1.54) is 0 Å². The fraction of sp³-hybridized carbons (Fsp3) is 0.360. The number of hydrogen-bond acceptors (Lipinski definition) is 4. The molecule has 0 saturated heterocycles. The number of rotatable bonds is 9. The molecule has 0 aromatic heterocycles. The van der Waals surface area contributed by atoms with Crippen molar-refractivity contribution >= 4 is 12.0 Å². The SMILES string of the molecule is C=C(N(C)C)[C@]1(C)C[C@@H]1[C@H](NC(=O)CNC(=O)OCc1ccccc1)c1ccccc1. The highest BCUT2D eigenvalue weighted by Crippen LogP contribution is 2.62. The van der Waals surface area contributed by atoms with Crippen LogP contribution in [-0.4, -0.2) is 37.5 Å². The maximum Gasteiger partial charge on any atom is 0.407 e. The summed E-state index contributed by atoms with van der Waals surface area (Å²) in [6, 6.07) is 19.2. The van der Waals surface area contributed by atoms with Crippen molar-refractivity contribution in [2.45, 2.75) is 26.0 Å². The van der Waals surface area contributed by atoms with E-state index in [2.05, 4.69) is 24.1 Å². The van der Waals surface area contributed by atoms with Crippen LogP contribution in [0.2, 0.25) is 0 Å². The first-order valence-electron chi connectivity index (χ1n) is 10.5. The molecule has 1 aliphatic carbocycles. The number of nitrogens with one attached hydrogen (secondary N) is 2. The third-order valence-electron chi connectivity index (χ3n) is 5.98. The lowest BCUT2D eigenvalue weighted by molar-refractivity contribution is -0.121. The van der Waals surface area contributed by atoms with Gasteiger partial charge < -0.3 is 20.3 Å². The van der Waals surface area contributed by atoms with Gasteiger partial charge in [0.25, 0.3) is 0 Å². The first kappa shape index (κ1) is 22.4. The third kappa shape index (κ3) is 5.66. The summed E-state index contributed by atoms with van der Waals surface area (Å²) in [5, 5.41) is 5.64. The monoisotopic (exact) mass is 421 g/mol. The van der Waals surface area contributed by atoms with Crippen LogP contribution in [0.5, 0.6) is 0 Å². The summed E-state index contributed by atoms with van der Waals surface area (Å²) in [5.41, 5.74) is 2.91. The number of carbonyl (C=O) groups excluding carboxylic acids is 2. The lowest BCUT2D eigenvalue weighted by atomic mass is 9.93. The number of allylic oxidation sites excluding steroid dienone is 1. The molecule has 2 aromatic carbocycles. The van der Waals surface area contributed by atoms with Crippen LogP contribution in [0, 0.1) is 11.3 Å². The van der Waals surface area contributed by atoms with Crippen LogP contribution in [0.3, 0.4) is 0 Å². The zero-order valence-electron chi connectivity index (χ0n) is 18.4. The largest absolute Gasteiger partial charge is 0.445 e. The minimum absolute atomic E-state index is 0.0701. The molecule has 0 bridgehead atoms. The van der Waals surface area contributed by atoms with Gasteiger partial charge in [-0.25, -0.2) is 4.79 Å². The zero-order valence-corrected chi connectivity index (χ0v) is 18.4. The summed E-state index contributed by atoms with van der Waals surface area (Å²) >= 11 is 0. The molecule has 2 N–H and O–H groups in total. The highest BCUT2D eigenvalue weighted by Gasteiger charge is 2.56. The van der Waals surface area contributed by atoms with Gasteiger partial charge in [-0.3, -0.25) is 4.79 Å². The fourth-order valence-corrected chi connectivity index (χ4v) is 3.95. The minimum Gasteiger partial charge on any atom is -0.445 e. The van der Waals surface area contributed by atoms with Crippen LogP contribution < -0.4 is 10.6 Å². The smallest absolute Gasteiger partial charge is 0.407 e. The van der Waals surface area contributed by atoms with Gasteiger partial charge in [-0.05, 0) is 23.5 Å². The number of ether oxygens (including phenoxy) is 1. The van der Waals surface area contributed by atoms with Crippen molar-refractivity contribution in [1.82, 2.24) is 15.5 Å². The molecular weight excluding hydrogens is 390 g/mol. The second-order valence-corrected chi connectivity index (χ2v) is 8.44. The lowest BCUT2D eigenvalue weighted by Crippen LogP contribution is -2.40. The third-order valence-corrected chi connectivity index (χ3v) is 5.98. The van der Waals surface area contributed by atoms with E-state index < -0.39 is 6.09 Å². The molecule has 0 radical (unpaired) electrons. The number of nitrogens with zero attached hydrogens (tertiary/aromatic N) is 1. The Bertz CT molecular complexity index is 914. The van der Waals surface area contributed by atoms with Crippen molar-refractivity contribution in [2.75, 3.05) is 20.6 Å². The molecule has 6 heteroatoms. The quantitative estimate of drug-likeness (QED) is 0.645. The van der Waals surface area contributed by atoms with Gasteiger partial charge in [-0.2, -0.15) is 0 Å². The van der Waals surface area contributed by atoms with E-state index in [9.17, 15) is 9.59 Å². The summed E-state index contributed by atoms with van der Waals surface area (Å²) in [4.78, 5) is 26.6. The molecule has 0 spiro atoms. The van der Waals surface area contributed by atoms with Crippen molar-refractivity contribution < 1.29 is 14.3 Å². The highest BCUT2D eigenvalue weighted by atomic mass is 16.5. The topological polar surface area (TPSA) is 70.7 Å². The molecule has 2 amide bonds. The van der Waals surface area contributed by atoms with Gasteiger partial charge in [-0.1, -0.05) is 74.2 Å². The van der Waals surface area contributed by atoms with Crippen LogP contribution in [0.25, 0.3) is 0 Å². The second-order valence-electron chi connectivity index (χ2n) is 8.44. The maximum absolute atomic E-state index is 12.6. The Hall–Kier alpha value is -3.28. The Balaban J connectivity index is 1.57. The summed E-state index contributed by atoms with van der Waals surface area (Å²) in [6.45, 7) is 6.44. The Morgan fingerprint density at radius 1 is 1.13 bits per heavy atom. The molecule has 31 heavy (non-hydrogen) atoms. The molecule has 3 atom stereocenters. The van der Waals surface area contributed by atoms with Gasteiger partial charge in [0, 0.05) is 25.2 Å². The van der Waals surface area contributed by atoms with Crippen molar-refractivity contribution in [3.05, 3.63) is 84.1 Å². The Morgan fingerprint density at radius 3 is 2.35 bits per heavy atom. The van der Waals surface area contributed by atoms with E-state index in [1.54, 1.807) is 0 Å². The van der Waals surface area contributed by atoms with Crippen LogP contribution in [0.4, 0.5) is 4.79 Å². The number of benzene rings is 2. The molecule has 0 unspecified atom stereocenters. The molecule has 164 valence electrons. The lowest BCUT2D eigenvalue weighted by Gasteiger charge is -2.27. The molecule has 6 nitrogen and oxygen atoms in total. The molecule has 1 saturated carbocycles. The average Bonchev–Trinajstić information content (AvgIpc) is 3.47. The van der Waals surface area contributed by atoms with Crippen LogP contribution in [-0.2, 0) is 16.1 Å². The van der Waals surface area contributed by atoms with Crippen LogP contribution in [0.15, 0.2) is 72.9 Å². The highest BCUT2D eigenvalue weighted by molar-refractivity contribution is 5.82. The zero-order chi connectivity index (χ0) is 22.4. The Kier molecular flexibility index (Phi) is 7.00. The predicted molar refractivity (Wildman–Crippen MR) is 121 cm³/mol. The van der Waals surface area contributed by atoms with E-state index in [0.717, 1.165) is 23.2 Å². The number of amides is 2.